The van der Waals surface area contributed by atoms with Crippen LogP contribution in [0.25, 0.3) is 0 Å². The van der Waals surface area contributed by atoms with Crippen molar-refractivity contribution in [3.63, 3.8) is 0 Å². The topological polar surface area (TPSA) is 28.9 Å². The maximum atomic E-state index is 5.73. The molecule has 0 aromatic carbocycles. The van der Waals surface area contributed by atoms with E-state index >= 15 is 0 Å². The van der Waals surface area contributed by atoms with Crippen molar-refractivity contribution in [2.24, 2.45) is 5.41 Å². The minimum Gasteiger partial charge on any atom is -0.465 e. The van der Waals surface area contributed by atoms with Crippen LogP contribution in [0.4, 0.5) is 0 Å². The summed E-state index contributed by atoms with van der Waals surface area (Å²) < 4.78 is 11.0. The molecule has 1 atom stereocenters. The lowest BCUT2D eigenvalue weighted by Crippen LogP contribution is -2.45. The molecule has 21 heavy (non-hydrogen) atoms. The van der Waals surface area contributed by atoms with Crippen molar-refractivity contribution >= 4 is 0 Å². The molecule has 0 aliphatic carbocycles. The van der Waals surface area contributed by atoms with Crippen LogP contribution in [0.1, 0.15) is 30.8 Å². The standard InChI is InChI=1S/C17H28N2O2/c1-15-4-5-16(21-15)12-19-9-7-17(14-19)6-3-8-18(13-17)10-11-20-2/h4-5H,3,6-14H2,1-2H3. The van der Waals surface area contributed by atoms with Gasteiger partial charge < -0.3 is 14.1 Å². The molecule has 0 N–H and O–H groups in total. The van der Waals surface area contributed by atoms with E-state index in [0.717, 1.165) is 31.2 Å². The van der Waals surface area contributed by atoms with Gasteiger partial charge in [-0.05, 0) is 56.8 Å². The first-order valence-corrected chi connectivity index (χ1v) is 8.18. The van der Waals surface area contributed by atoms with Gasteiger partial charge in [-0.25, -0.2) is 0 Å². The van der Waals surface area contributed by atoms with Gasteiger partial charge in [-0.2, -0.15) is 0 Å². The average Bonchev–Trinajstić information content (AvgIpc) is 3.04. The van der Waals surface area contributed by atoms with Gasteiger partial charge >= 0.3 is 0 Å². The summed E-state index contributed by atoms with van der Waals surface area (Å²) in [6.45, 7) is 9.82. The van der Waals surface area contributed by atoms with E-state index in [2.05, 4.69) is 21.9 Å². The van der Waals surface area contributed by atoms with Crippen LogP contribution >= 0.6 is 0 Å². The predicted molar refractivity (Wildman–Crippen MR) is 83.3 cm³/mol. The minimum atomic E-state index is 0.508. The van der Waals surface area contributed by atoms with Crippen molar-refractivity contribution in [2.45, 2.75) is 32.7 Å². The first kappa shape index (κ1) is 15.1. The van der Waals surface area contributed by atoms with Crippen molar-refractivity contribution in [3.05, 3.63) is 23.7 Å². The molecule has 2 fully saturated rings. The van der Waals surface area contributed by atoms with E-state index in [-0.39, 0.29) is 0 Å². The molecular weight excluding hydrogens is 264 g/mol. The number of furan rings is 1. The van der Waals surface area contributed by atoms with Crippen LogP contribution in [0.15, 0.2) is 16.5 Å². The second-order valence-electron chi connectivity index (χ2n) is 6.85. The van der Waals surface area contributed by atoms with Gasteiger partial charge in [-0.1, -0.05) is 0 Å². The number of ether oxygens (including phenoxy) is 1. The van der Waals surface area contributed by atoms with Crippen LogP contribution in [-0.4, -0.2) is 56.2 Å². The van der Waals surface area contributed by atoms with Crippen LogP contribution in [0.5, 0.6) is 0 Å². The third-order valence-electron chi connectivity index (χ3n) is 5.04. The van der Waals surface area contributed by atoms with Gasteiger partial charge in [0.25, 0.3) is 0 Å². The highest BCUT2D eigenvalue weighted by Crippen LogP contribution is 2.39. The first-order chi connectivity index (χ1) is 10.2. The SMILES string of the molecule is COCCN1CCCC2(CCN(Cc3ccc(C)o3)C2)C1. The van der Waals surface area contributed by atoms with E-state index in [9.17, 15) is 0 Å². The van der Waals surface area contributed by atoms with Crippen LogP contribution in [0.3, 0.4) is 0 Å². The molecule has 2 saturated heterocycles. The summed E-state index contributed by atoms with van der Waals surface area (Å²) in [7, 11) is 1.79. The van der Waals surface area contributed by atoms with Crippen LogP contribution in [0.2, 0.25) is 0 Å². The smallest absolute Gasteiger partial charge is 0.118 e. The monoisotopic (exact) mass is 292 g/mol. The normalized spacial score (nSPS) is 27.7. The molecule has 3 heterocycles. The molecule has 3 rings (SSSR count). The largest absolute Gasteiger partial charge is 0.465 e. The van der Waals surface area contributed by atoms with Crippen LogP contribution < -0.4 is 0 Å². The fourth-order valence-corrected chi connectivity index (χ4v) is 4.01. The Kier molecular flexibility index (Phi) is 4.67. The Morgan fingerprint density at radius 2 is 2.05 bits per heavy atom. The van der Waals surface area contributed by atoms with E-state index in [0.29, 0.717) is 5.41 Å². The second-order valence-corrected chi connectivity index (χ2v) is 6.85. The highest BCUT2D eigenvalue weighted by atomic mass is 16.5. The molecule has 0 saturated carbocycles. The van der Waals surface area contributed by atoms with Crippen LogP contribution in [0, 0.1) is 12.3 Å². The lowest BCUT2D eigenvalue weighted by atomic mass is 9.79. The lowest BCUT2D eigenvalue weighted by molar-refractivity contribution is 0.0668. The van der Waals surface area contributed by atoms with Gasteiger partial charge in [0.05, 0.1) is 13.2 Å². The van der Waals surface area contributed by atoms with Gasteiger partial charge in [0.15, 0.2) is 0 Å². The van der Waals surface area contributed by atoms with Crippen molar-refractivity contribution in [2.75, 3.05) is 46.4 Å². The molecule has 118 valence electrons. The van der Waals surface area contributed by atoms with E-state index in [1.165, 1.54) is 45.4 Å². The average molecular weight is 292 g/mol. The van der Waals surface area contributed by atoms with Gasteiger partial charge in [0.2, 0.25) is 0 Å². The summed E-state index contributed by atoms with van der Waals surface area (Å²) >= 11 is 0. The Morgan fingerprint density at radius 1 is 1.19 bits per heavy atom. The number of rotatable bonds is 5. The number of methoxy groups -OCH3 is 1. The number of nitrogens with zero attached hydrogens (tertiary/aromatic N) is 2. The molecule has 0 amide bonds. The lowest BCUT2D eigenvalue weighted by Gasteiger charge is -2.40. The highest BCUT2D eigenvalue weighted by molar-refractivity contribution is 5.06. The number of aryl methyl sites for hydroxylation is 1. The number of hydrogen-bond donors (Lipinski definition) is 0. The molecule has 1 aromatic rings. The second kappa shape index (κ2) is 6.51. The zero-order chi connectivity index (χ0) is 14.7. The van der Waals surface area contributed by atoms with Crippen molar-refractivity contribution in [1.29, 1.82) is 0 Å². The molecule has 4 nitrogen and oxygen atoms in total. The summed E-state index contributed by atoms with van der Waals surface area (Å²) in [5, 5.41) is 0. The van der Waals surface area contributed by atoms with Crippen LogP contribution in [-0.2, 0) is 11.3 Å². The van der Waals surface area contributed by atoms with E-state index < -0.39 is 0 Å². The molecular formula is C17H28N2O2. The fourth-order valence-electron chi connectivity index (χ4n) is 4.01. The Hall–Kier alpha value is -0.840. The molecule has 2 aliphatic rings. The maximum absolute atomic E-state index is 5.73. The quantitative estimate of drug-likeness (QED) is 0.834. The minimum absolute atomic E-state index is 0.508. The summed E-state index contributed by atoms with van der Waals surface area (Å²) in [5.41, 5.74) is 0.508. The van der Waals surface area contributed by atoms with Gasteiger partial charge in [-0.3, -0.25) is 4.90 Å². The molecule has 1 unspecified atom stereocenters. The molecule has 0 bridgehead atoms. The molecule has 0 radical (unpaired) electrons. The third kappa shape index (κ3) is 3.68. The third-order valence-corrected chi connectivity index (χ3v) is 5.04. The molecule has 1 spiro atoms. The van der Waals surface area contributed by atoms with Crippen molar-refractivity contribution in [3.8, 4) is 0 Å². The summed E-state index contributed by atoms with van der Waals surface area (Å²) in [6.07, 6.45) is 4.04. The van der Waals surface area contributed by atoms with E-state index in [4.69, 9.17) is 9.15 Å². The highest BCUT2D eigenvalue weighted by Gasteiger charge is 2.41. The Morgan fingerprint density at radius 3 is 2.81 bits per heavy atom. The first-order valence-electron chi connectivity index (χ1n) is 8.18. The van der Waals surface area contributed by atoms with Gasteiger partial charge in [-0.15, -0.1) is 0 Å². The maximum Gasteiger partial charge on any atom is 0.118 e. The molecule has 4 heteroatoms. The van der Waals surface area contributed by atoms with Crippen molar-refractivity contribution in [1.82, 2.24) is 9.80 Å². The Labute approximate surface area is 128 Å². The number of hydrogen-bond acceptors (Lipinski definition) is 4. The molecule has 1 aromatic heterocycles. The summed E-state index contributed by atoms with van der Waals surface area (Å²) in [4.78, 5) is 5.16. The predicted octanol–water partition coefficient (Wildman–Crippen LogP) is 2.52. The summed E-state index contributed by atoms with van der Waals surface area (Å²) in [5.74, 6) is 2.12. The number of likely N-dealkylation sites (tertiary alicyclic amines) is 2. The zero-order valence-electron chi connectivity index (χ0n) is 13.4. The zero-order valence-corrected chi connectivity index (χ0v) is 13.4. The van der Waals surface area contributed by atoms with Gasteiger partial charge in [0.1, 0.15) is 11.5 Å². The molecule has 2 aliphatic heterocycles. The van der Waals surface area contributed by atoms with Crippen molar-refractivity contribution < 1.29 is 9.15 Å². The van der Waals surface area contributed by atoms with E-state index in [1.54, 1.807) is 7.11 Å². The van der Waals surface area contributed by atoms with Gasteiger partial charge in [0, 0.05) is 26.7 Å². The summed E-state index contributed by atoms with van der Waals surface area (Å²) in [6, 6.07) is 4.18. The Balaban J connectivity index is 1.54. The van der Waals surface area contributed by atoms with E-state index in [1.807, 2.05) is 6.92 Å². The number of piperidine rings is 1. The Bertz CT molecular complexity index is 459. The fraction of sp³-hybridized carbons (Fsp3) is 0.765.